The fourth-order valence-electron chi connectivity index (χ4n) is 3.43. The third-order valence-corrected chi connectivity index (χ3v) is 5.40. The number of fused-ring (bicyclic) bond motifs is 1. The predicted molar refractivity (Wildman–Crippen MR) is 138 cm³/mol. The molecule has 0 atom stereocenters. The summed E-state index contributed by atoms with van der Waals surface area (Å²) in [7, 11) is 3.04. The molecule has 0 aliphatic rings. The average Bonchev–Trinajstić information content (AvgIpc) is 3.27. The van der Waals surface area contributed by atoms with Crippen LogP contribution in [0.4, 0.5) is 5.69 Å². The minimum absolute atomic E-state index is 0.151. The zero-order chi connectivity index (χ0) is 24.9. The molecule has 0 saturated carbocycles. The van der Waals surface area contributed by atoms with Crippen LogP contribution in [-0.4, -0.2) is 46.8 Å². The van der Waals surface area contributed by atoms with Crippen molar-refractivity contribution in [3.8, 4) is 22.9 Å². The van der Waals surface area contributed by atoms with Gasteiger partial charge in [-0.1, -0.05) is 0 Å². The molecule has 4 rings (SSSR count). The number of hydrogen-bond donors (Lipinski definition) is 2. The number of nitrogens with one attached hydrogen (secondary N) is 2. The molecule has 0 fully saturated rings. The quantitative estimate of drug-likeness (QED) is 0.370. The first kappa shape index (κ1) is 24.0. The van der Waals surface area contributed by atoms with E-state index in [1.807, 2.05) is 50.2 Å². The second-order valence-electron chi connectivity index (χ2n) is 7.58. The smallest absolute Gasteiger partial charge is 0.257 e. The van der Waals surface area contributed by atoms with E-state index in [1.165, 1.54) is 14.2 Å². The zero-order valence-electron chi connectivity index (χ0n) is 19.8. The molecule has 0 aliphatic carbocycles. The number of benzene rings is 3. The largest absolute Gasteiger partial charge is 0.497 e. The van der Waals surface area contributed by atoms with E-state index in [1.54, 1.807) is 23.0 Å². The van der Waals surface area contributed by atoms with Crippen molar-refractivity contribution in [2.75, 3.05) is 26.1 Å². The number of methoxy groups -OCH3 is 2. The summed E-state index contributed by atoms with van der Waals surface area (Å²) in [6, 6.07) is 16.2. The van der Waals surface area contributed by atoms with E-state index in [-0.39, 0.29) is 11.0 Å². The van der Waals surface area contributed by atoms with Crippen LogP contribution in [0, 0.1) is 6.92 Å². The Morgan fingerprint density at radius 1 is 0.943 bits per heavy atom. The number of thiocarbonyl (C=S) groups is 1. The molecule has 1 heterocycles. The molecule has 0 spiro atoms. The highest BCUT2D eigenvalue weighted by atomic mass is 32.1. The summed E-state index contributed by atoms with van der Waals surface area (Å²) in [4.78, 5) is 14.3. The Morgan fingerprint density at radius 3 is 2.17 bits per heavy atom. The standard InChI is InChI=1S/C25H25N5O4S/c1-5-34-18-8-6-17(7-9-18)30-28-22-10-15(2)21(14-23(22)29-30)26-25(35)27-24(31)16-11-19(32-3)13-20(12-16)33-4/h6-14H,5H2,1-4H3,(H2,26,27,31,35). The van der Waals surface area contributed by atoms with Crippen LogP contribution in [-0.2, 0) is 0 Å². The molecule has 35 heavy (non-hydrogen) atoms. The number of anilines is 1. The number of hydrogen-bond acceptors (Lipinski definition) is 7. The Morgan fingerprint density at radius 2 is 1.57 bits per heavy atom. The number of ether oxygens (including phenoxy) is 3. The molecule has 1 aromatic heterocycles. The van der Waals surface area contributed by atoms with E-state index < -0.39 is 0 Å². The van der Waals surface area contributed by atoms with Crippen molar-refractivity contribution in [1.82, 2.24) is 20.3 Å². The van der Waals surface area contributed by atoms with Gasteiger partial charge in [0, 0.05) is 17.3 Å². The van der Waals surface area contributed by atoms with Gasteiger partial charge in [-0.15, -0.1) is 10.2 Å². The summed E-state index contributed by atoms with van der Waals surface area (Å²) in [5, 5.41) is 15.1. The van der Waals surface area contributed by atoms with Crippen LogP contribution >= 0.6 is 12.2 Å². The maximum atomic E-state index is 12.7. The Kier molecular flexibility index (Phi) is 7.11. The second kappa shape index (κ2) is 10.4. The van der Waals surface area contributed by atoms with E-state index in [0.717, 1.165) is 22.5 Å². The highest BCUT2D eigenvalue weighted by molar-refractivity contribution is 7.80. The van der Waals surface area contributed by atoms with Gasteiger partial charge in [0.25, 0.3) is 5.91 Å². The van der Waals surface area contributed by atoms with Crippen molar-refractivity contribution >= 4 is 40.0 Å². The number of nitrogens with zero attached hydrogens (tertiary/aromatic N) is 3. The molecule has 0 saturated heterocycles. The first-order valence-electron chi connectivity index (χ1n) is 10.9. The summed E-state index contributed by atoms with van der Waals surface area (Å²) >= 11 is 5.37. The first-order chi connectivity index (χ1) is 16.9. The number of carbonyl (C=O) groups is 1. The Hall–Kier alpha value is -4.18. The van der Waals surface area contributed by atoms with Crippen LogP contribution < -0.4 is 24.8 Å². The van der Waals surface area contributed by atoms with Gasteiger partial charge in [-0.3, -0.25) is 10.1 Å². The third kappa shape index (κ3) is 5.49. The van der Waals surface area contributed by atoms with Crippen LogP contribution in [0.2, 0.25) is 0 Å². The molecule has 180 valence electrons. The van der Waals surface area contributed by atoms with Gasteiger partial charge in [0.05, 0.1) is 26.5 Å². The summed E-state index contributed by atoms with van der Waals surface area (Å²) in [6.07, 6.45) is 0. The SMILES string of the molecule is CCOc1ccc(-n2nc3cc(C)c(NC(=S)NC(=O)c4cc(OC)cc(OC)c4)cc3n2)cc1. The molecule has 9 nitrogen and oxygen atoms in total. The third-order valence-electron chi connectivity index (χ3n) is 5.19. The maximum Gasteiger partial charge on any atom is 0.257 e. The van der Waals surface area contributed by atoms with Gasteiger partial charge in [-0.2, -0.15) is 4.80 Å². The van der Waals surface area contributed by atoms with Crippen LogP contribution in [0.15, 0.2) is 54.6 Å². The molecule has 10 heteroatoms. The zero-order valence-corrected chi connectivity index (χ0v) is 20.6. The van der Waals surface area contributed by atoms with Gasteiger partial charge in [0.2, 0.25) is 0 Å². The number of aromatic nitrogens is 3. The summed E-state index contributed by atoms with van der Waals surface area (Å²) in [6.45, 7) is 4.47. The average molecular weight is 492 g/mol. The molecule has 0 bridgehead atoms. The molecule has 0 radical (unpaired) electrons. The van der Waals surface area contributed by atoms with E-state index in [2.05, 4.69) is 20.8 Å². The molecular weight excluding hydrogens is 466 g/mol. The van der Waals surface area contributed by atoms with Crippen LogP contribution in [0.3, 0.4) is 0 Å². The fourth-order valence-corrected chi connectivity index (χ4v) is 3.63. The summed E-state index contributed by atoms with van der Waals surface area (Å²) in [5.41, 5.74) is 4.20. The highest BCUT2D eigenvalue weighted by Crippen LogP contribution is 2.24. The Balaban J connectivity index is 1.50. The van der Waals surface area contributed by atoms with Crippen LogP contribution in [0.5, 0.6) is 17.2 Å². The van der Waals surface area contributed by atoms with Crippen molar-refractivity contribution in [3.05, 3.63) is 65.7 Å². The lowest BCUT2D eigenvalue weighted by atomic mass is 10.1. The fraction of sp³-hybridized carbons (Fsp3) is 0.200. The lowest BCUT2D eigenvalue weighted by Gasteiger charge is -2.12. The first-order valence-corrected chi connectivity index (χ1v) is 11.3. The van der Waals surface area contributed by atoms with E-state index >= 15 is 0 Å². The highest BCUT2D eigenvalue weighted by Gasteiger charge is 2.14. The number of rotatable bonds is 7. The number of amides is 1. The summed E-state index contributed by atoms with van der Waals surface area (Å²) < 4.78 is 15.9. The van der Waals surface area contributed by atoms with Crippen molar-refractivity contribution in [1.29, 1.82) is 0 Å². The van der Waals surface area contributed by atoms with E-state index in [0.29, 0.717) is 34.9 Å². The monoisotopic (exact) mass is 491 g/mol. The predicted octanol–water partition coefficient (Wildman–Crippen LogP) is 4.27. The van der Waals surface area contributed by atoms with Crippen molar-refractivity contribution in [3.63, 3.8) is 0 Å². The number of carbonyl (C=O) groups excluding carboxylic acids is 1. The lowest BCUT2D eigenvalue weighted by molar-refractivity contribution is 0.0977. The molecule has 0 unspecified atom stereocenters. The maximum absolute atomic E-state index is 12.7. The molecule has 0 aliphatic heterocycles. The molecule has 1 amide bonds. The molecular formula is C25H25N5O4S. The van der Waals surface area contributed by atoms with E-state index in [4.69, 9.17) is 26.4 Å². The van der Waals surface area contributed by atoms with Crippen LogP contribution in [0.25, 0.3) is 16.7 Å². The summed E-state index contributed by atoms with van der Waals surface area (Å²) in [5.74, 6) is 1.41. The van der Waals surface area contributed by atoms with Gasteiger partial charge in [-0.05, 0) is 80.2 Å². The van der Waals surface area contributed by atoms with Crippen molar-refractivity contribution in [2.24, 2.45) is 0 Å². The molecule has 2 N–H and O–H groups in total. The van der Waals surface area contributed by atoms with Gasteiger partial charge in [0.1, 0.15) is 28.3 Å². The van der Waals surface area contributed by atoms with Gasteiger partial charge in [0.15, 0.2) is 5.11 Å². The van der Waals surface area contributed by atoms with Gasteiger partial charge in [-0.25, -0.2) is 0 Å². The normalized spacial score (nSPS) is 10.6. The molecule has 4 aromatic rings. The van der Waals surface area contributed by atoms with E-state index in [9.17, 15) is 4.79 Å². The minimum Gasteiger partial charge on any atom is -0.497 e. The topological polar surface area (TPSA) is 99.5 Å². The second-order valence-corrected chi connectivity index (χ2v) is 7.99. The minimum atomic E-state index is -0.389. The Labute approximate surface area is 208 Å². The Bertz CT molecular complexity index is 1360. The number of aryl methyl sites for hydroxylation is 1. The lowest BCUT2D eigenvalue weighted by Crippen LogP contribution is -2.34. The van der Waals surface area contributed by atoms with Gasteiger partial charge >= 0.3 is 0 Å². The van der Waals surface area contributed by atoms with Crippen molar-refractivity contribution in [2.45, 2.75) is 13.8 Å². The molecule has 3 aromatic carbocycles. The van der Waals surface area contributed by atoms with Crippen molar-refractivity contribution < 1.29 is 19.0 Å². The van der Waals surface area contributed by atoms with Gasteiger partial charge < -0.3 is 19.5 Å². The van der Waals surface area contributed by atoms with Crippen LogP contribution in [0.1, 0.15) is 22.8 Å².